The molecule has 136 valence electrons. The van der Waals surface area contributed by atoms with E-state index in [0.29, 0.717) is 36.1 Å². The van der Waals surface area contributed by atoms with Gasteiger partial charge in [-0.3, -0.25) is 4.90 Å². The second kappa shape index (κ2) is 7.94. The number of rotatable bonds is 6. The summed E-state index contributed by atoms with van der Waals surface area (Å²) in [5.74, 6) is 0.680. The Morgan fingerprint density at radius 2 is 1.85 bits per heavy atom. The lowest BCUT2D eigenvalue weighted by molar-refractivity contribution is 0.233. The predicted molar refractivity (Wildman–Crippen MR) is 105 cm³/mol. The first-order valence-corrected chi connectivity index (χ1v) is 8.91. The molecule has 0 fully saturated rings. The number of aryl methyl sites for hydroxylation is 2. The van der Waals surface area contributed by atoms with Crippen molar-refractivity contribution in [1.82, 2.24) is 4.90 Å². The van der Waals surface area contributed by atoms with Gasteiger partial charge in [0.05, 0.1) is 5.02 Å². The van der Waals surface area contributed by atoms with E-state index in [9.17, 15) is 4.79 Å². The molecule has 0 spiro atoms. The van der Waals surface area contributed by atoms with E-state index in [0.717, 1.165) is 16.5 Å². The minimum Gasteiger partial charge on any atom is -0.491 e. The molecule has 2 aromatic carbocycles. The van der Waals surface area contributed by atoms with Crippen molar-refractivity contribution in [2.75, 3.05) is 20.2 Å². The van der Waals surface area contributed by atoms with Crippen LogP contribution in [0.1, 0.15) is 16.7 Å². The van der Waals surface area contributed by atoms with Gasteiger partial charge in [-0.15, -0.1) is 0 Å². The quantitative estimate of drug-likeness (QED) is 0.595. The van der Waals surface area contributed by atoms with Gasteiger partial charge in [0.25, 0.3) is 0 Å². The Balaban J connectivity index is 1.71. The molecule has 0 radical (unpaired) electrons. The largest absolute Gasteiger partial charge is 0.491 e. The molecule has 3 rings (SSSR count). The molecule has 0 amide bonds. The van der Waals surface area contributed by atoms with E-state index in [4.69, 9.17) is 20.8 Å². The topological polar surface area (TPSA) is 42.7 Å². The summed E-state index contributed by atoms with van der Waals surface area (Å²) < 4.78 is 11.1. The summed E-state index contributed by atoms with van der Waals surface area (Å²) in [6.45, 7) is 5.93. The molecule has 26 heavy (non-hydrogen) atoms. The van der Waals surface area contributed by atoms with Crippen LogP contribution in [-0.4, -0.2) is 25.1 Å². The van der Waals surface area contributed by atoms with Crippen molar-refractivity contribution < 1.29 is 9.15 Å². The van der Waals surface area contributed by atoms with Gasteiger partial charge < -0.3 is 9.15 Å². The molecule has 0 saturated carbocycles. The lowest BCUT2D eigenvalue weighted by Gasteiger charge is -2.18. The molecule has 0 aliphatic carbocycles. The summed E-state index contributed by atoms with van der Waals surface area (Å²) in [4.78, 5) is 14.0. The van der Waals surface area contributed by atoms with E-state index in [-0.39, 0.29) is 5.63 Å². The minimum atomic E-state index is -0.323. The fourth-order valence-corrected chi connectivity index (χ4v) is 3.05. The van der Waals surface area contributed by atoms with E-state index >= 15 is 0 Å². The summed E-state index contributed by atoms with van der Waals surface area (Å²) in [6.07, 6.45) is 0. The number of ether oxygens (including phenoxy) is 1. The van der Waals surface area contributed by atoms with E-state index < -0.39 is 0 Å². The molecule has 4 nitrogen and oxygen atoms in total. The Labute approximate surface area is 158 Å². The summed E-state index contributed by atoms with van der Waals surface area (Å²) in [7, 11) is 2.00. The number of benzene rings is 2. The van der Waals surface area contributed by atoms with E-state index in [2.05, 4.69) is 17.9 Å². The number of halogens is 1. The highest BCUT2D eigenvalue weighted by atomic mass is 35.5. The zero-order valence-corrected chi connectivity index (χ0v) is 16.0. The lowest BCUT2D eigenvalue weighted by Crippen LogP contribution is -2.24. The Bertz CT molecular complexity index is 981. The average Bonchev–Trinajstić information content (AvgIpc) is 2.58. The SMILES string of the molecule is Cc1cc2oc(=O)cc(CN(C)CCOc3ccccc3Cl)c2cc1C. The first-order valence-electron chi connectivity index (χ1n) is 8.54. The van der Waals surface area contributed by atoms with Crippen LogP contribution < -0.4 is 10.4 Å². The van der Waals surface area contributed by atoms with E-state index in [1.807, 2.05) is 38.2 Å². The van der Waals surface area contributed by atoms with Crippen molar-refractivity contribution >= 4 is 22.6 Å². The van der Waals surface area contributed by atoms with Crippen LogP contribution in [0.25, 0.3) is 11.0 Å². The molecule has 1 heterocycles. The third-order valence-corrected chi connectivity index (χ3v) is 4.76. The van der Waals surface area contributed by atoms with Crippen molar-refractivity contribution in [3.8, 4) is 5.75 Å². The molecule has 0 aliphatic rings. The molecule has 1 aromatic heterocycles. The van der Waals surface area contributed by atoms with Crippen molar-refractivity contribution in [3.05, 3.63) is 74.6 Å². The summed E-state index contributed by atoms with van der Waals surface area (Å²) in [5, 5.41) is 1.58. The van der Waals surface area contributed by atoms with Crippen molar-refractivity contribution in [2.45, 2.75) is 20.4 Å². The Kier molecular flexibility index (Phi) is 5.64. The van der Waals surface area contributed by atoms with Gasteiger partial charge >= 0.3 is 5.63 Å². The number of hydrogen-bond acceptors (Lipinski definition) is 4. The van der Waals surface area contributed by atoms with Gasteiger partial charge in [0.15, 0.2) is 0 Å². The highest BCUT2D eigenvalue weighted by Gasteiger charge is 2.10. The molecule has 0 atom stereocenters. The van der Waals surface area contributed by atoms with Crippen molar-refractivity contribution in [2.24, 2.45) is 0 Å². The number of nitrogens with zero attached hydrogens (tertiary/aromatic N) is 1. The van der Waals surface area contributed by atoms with Crippen LogP contribution in [-0.2, 0) is 6.54 Å². The molecular weight excluding hydrogens is 350 g/mol. The first kappa shape index (κ1) is 18.5. The third-order valence-electron chi connectivity index (χ3n) is 4.45. The van der Waals surface area contributed by atoms with Crippen molar-refractivity contribution in [1.29, 1.82) is 0 Å². The fourth-order valence-electron chi connectivity index (χ4n) is 2.86. The maximum absolute atomic E-state index is 11.9. The third kappa shape index (κ3) is 4.26. The standard InChI is InChI=1S/C21H22ClNO3/c1-14-10-17-16(12-21(24)26-20(17)11-15(14)2)13-23(3)8-9-25-19-7-5-4-6-18(19)22/h4-7,10-12H,8-9,13H2,1-3H3. The van der Waals surface area contributed by atoms with Gasteiger partial charge in [0.2, 0.25) is 0 Å². The van der Waals surface area contributed by atoms with Gasteiger partial charge in [0.1, 0.15) is 17.9 Å². The second-order valence-corrected chi connectivity index (χ2v) is 6.95. The van der Waals surface area contributed by atoms with Crippen LogP contribution in [0, 0.1) is 13.8 Å². The van der Waals surface area contributed by atoms with Crippen LogP contribution in [0.4, 0.5) is 0 Å². The average molecular weight is 372 g/mol. The summed E-state index contributed by atoms with van der Waals surface area (Å²) in [5.41, 5.74) is 3.56. The van der Waals surface area contributed by atoms with Crippen molar-refractivity contribution in [3.63, 3.8) is 0 Å². The Morgan fingerprint density at radius 1 is 1.12 bits per heavy atom. The van der Waals surface area contributed by atoms with E-state index in [1.165, 1.54) is 5.56 Å². The molecular formula is C21H22ClNO3. The molecule has 0 saturated heterocycles. The maximum Gasteiger partial charge on any atom is 0.336 e. The molecule has 0 bridgehead atoms. The Hall–Kier alpha value is -2.30. The highest BCUT2D eigenvalue weighted by molar-refractivity contribution is 6.32. The number of likely N-dealkylation sites (N-methyl/N-ethyl adjacent to an activating group) is 1. The van der Waals surface area contributed by atoms with E-state index in [1.54, 1.807) is 12.1 Å². The Morgan fingerprint density at radius 3 is 2.62 bits per heavy atom. The predicted octanol–water partition coefficient (Wildman–Crippen LogP) is 4.57. The number of hydrogen-bond donors (Lipinski definition) is 0. The lowest BCUT2D eigenvalue weighted by atomic mass is 10.0. The summed E-state index contributed by atoms with van der Waals surface area (Å²) in [6, 6.07) is 13.0. The molecule has 0 N–H and O–H groups in total. The molecule has 0 aliphatic heterocycles. The number of fused-ring (bicyclic) bond motifs is 1. The first-order chi connectivity index (χ1) is 12.4. The van der Waals surface area contributed by atoms with Crippen LogP contribution in [0.5, 0.6) is 5.75 Å². The van der Waals surface area contributed by atoms with Crippen LogP contribution in [0.15, 0.2) is 51.7 Å². The van der Waals surface area contributed by atoms with Crippen LogP contribution in [0.2, 0.25) is 5.02 Å². The van der Waals surface area contributed by atoms with Gasteiger partial charge in [-0.2, -0.15) is 0 Å². The van der Waals surface area contributed by atoms with Gasteiger partial charge in [-0.05, 0) is 61.9 Å². The van der Waals surface area contributed by atoms with Gasteiger partial charge in [-0.25, -0.2) is 4.79 Å². The van der Waals surface area contributed by atoms with Crippen LogP contribution >= 0.6 is 11.6 Å². The fraction of sp³-hybridized carbons (Fsp3) is 0.286. The zero-order chi connectivity index (χ0) is 18.7. The maximum atomic E-state index is 11.9. The molecule has 3 aromatic rings. The zero-order valence-electron chi connectivity index (χ0n) is 15.2. The summed E-state index contributed by atoms with van der Waals surface area (Å²) >= 11 is 6.10. The monoisotopic (exact) mass is 371 g/mol. The van der Waals surface area contributed by atoms with Gasteiger partial charge in [0, 0.05) is 24.5 Å². The van der Waals surface area contributed by atoms with Gasteiger partial charge in [-0.1, -0.05) is 23.7 Å². The molecule has 5 heteroatoms. The molecule has 0 unspecified atom stereocenters. The highest BCUT2D eigenvalue weighted by Crippen LogP contribution is 2.24. The second-order valence-electron chi connectivity index (χ2n) is 6.54. The van der Waals surface area contributed by atoms with Crippen LogP contribution in [0.3, 0.4) is 0 Å². The number of para-hydroxylation sites is 1. The normalized spacial score (nSPS) is 11.3. The minimum absolute atomic E-state index is 0.323. The smallest absolute Gasteiger partial charge is 0.336 e.